The topological polar surface area (TPSA) is 66.0 Å². The van der Waals surface area contributed by atoms with Gasteiger partial charge in [0, 0.05) is 5.69 Å². The van der Waals surface area contributed by atoms with Gasteiger partial charge in [-0.3, -0.25) is 4.57 Å². The Morgan fingerprint density at radius 1 is 1.00 bits per heavy atom. The van der Waals surface area contributed by atoms with E-state index in [-0.39, 0.29) is 0 Å². The van der Waals surface area contributed by atoms with Crippen LogP contribution in [0.5, 0.6) is 5.75 Å². The van der Waals surface area contributed by atoms with Crippen molar-refractivity contribution in [2.24, 2.45) is 0 Å². The van der Waals surface area contributed by atoms with Crippen LogP contribution in [0.4, 0.5) is 5.69 Å². The van der Waals surface area contributed by atoms with E-state index < -0.39 is 0 Å². The van der Waals surface area contributed by atoms with Crippen LogP contribution in [-0.4, -0.2) is 14.8 Å². The first-order valence-electron chi connectivity index (χ1n) is 6.26. The summed E-state index contributed by atoms with van der Waals surface area (Å²) in [4.78, 5) is 0. The molecule has 0 saturated heterocycles. The molecule has 0 aliphatic carbocycles. The average Bonchev–Trinajstić information content (AvgIpc) is 2.96. The van der Waals surface area contributed by atoms with Crippen LogP contribution in [0, 0.1) is 0 Å². The lowest BCUT2D eigenvalue weighted by Gasteiger charge is -2.09. The van der Waals surface area contributed by atoms with E-state index in [0.717, 1.165) is 11.5 Å². The first kappa shape index (κ1) is 12.2. The summed E-state index contributed by atoms with van der Waals surface area (Å²) in [5.74, 6) is 1.37. The number of nitrogens with zero attached hydrogens (tertiary/aromatic N) is 3. The second kappa shape index (κ2) is 5.44. The fourth-order valence-corrected chi connectivity index (χ4v) is 1.92. The minimum absolute atomic E-state index is 0.309. The summed E-state index contributed by atoms with van der Waals surface area (Å²) in [5, 5.41) is 8.02. The van der Waals surface area contributed by atoms with Gasteiger partial charge in [-0.15, -0.1) is 10.2 Å². The maximum Gasteiger partial charge on any atom is 0.175 e. The number of para-hydroxylation sites is 3. The van der Waals surface area contributed by atoms with Crippen LogP contribution in [-0.2, 0) is 6.61 Å². The number of anilines is 1. The molecular formula is C15H14N4O. The largest absolute Gasteiger partial charge is 0.483 e. The van der Waals surface area contributed by atoms with E-state index in [1.54, 1.807) is 12.4 Å². The van der Waals surface area contributed by atoms with Crippen molar-refractivity contribution < 1.29 is 4.74 Å². The predicted molar refractivity (Wildman–Crippen MR) is 76.5 cm³/mol. The van der Waals surface area contributed by atoms with Gasteiger partial charge in [0.1, 0.15) is 18.7 Å². The van der Waals surface area contributed by atoms with Gasteiger partial charge in [-0.25, -0.2) is 0 Å². The second-order valence-electron chi connectivity index (χ2n) is 4.28. The normalized spacial score (nSPS) is 10.4. The van der Waals surface area contributed by atoms with Crippen LogP contribution >= 0.6 is 0 Å². The van der Waals surface area contributed by atoms with Gasteiger partial charge in [0.25, 0.3) is 0 Å². The molecule has 3 aromatic rings. The Morgan fingerprint density at radius 2 is 1.75 bits per heavy atom. The highest BCUT2D eigenvalue weighted by atomic mass is 16.5. The number of nitrogen functional groups attached to an aromatic ring is 1. The molecule has 0 unspecified atom stereocenters. The molecular weight excluding hydrogens is 252 g/mol. The van der Waals surface area contributed by atoms with E-state index >= 15 is 0 Å². The van der Waals surface area contributed by atoms with Gasteiger partial charge in [0.15, 0.2) is 5.82 Å². The van der Waals surface area contributed by atoms with Gasteiger partial charge in [0.05, 0.1) is 5.69 Å². The molecule has 0 fully saturated rings. The second-order valence-corrected chi connectivity index (χ2v) is 4.28. The van der Waals surface area contributed by atoms with Crippen molar-refractivity contribution in [3.05, 3.63) is 66.7 Å². The summed E-state index contributed by atoms with van der Waals surface area (Å²) in [7, 11) is 0. The highest BCUT2D eigenvalue weighted by Gasteiger charge is 2.07. The summed E-state index contributed by atoms with van der Waals surface area (Å²) < 4.78 is 7.58. The molecule has 3 rings (SSSR count). The SMILES string of the molecule is Nc1ccccc1OCc1nncn1-c1ccccc1. The maximum atomic E-state index is 5.84. The fraction of sp³-hybridized carbons (Fsp3) is 0.0667. The third-order valence-corrected chi connectivity index (χ3v) is 2.93. The number of hydrogen-bond donors (Lipinski definition) is 1. The van der Waals surface area contributed by atoms with Crippen molar-refractivity contribution in [1.82, 2.24) is 14.8 Å². The van der Waals surface area contributed by atoms with E-state index in [2.05, 4.69) is 10.2 Å². The minimum Gasteiger partial charge on any atom is -0.483 e. The molecule has 0 atom stereocenters. The lowest BCUT2D eigenvalue weighted by Crippen LogP contribution is -2.05. The smallest absolute Gasteiger partial charge is 0.175 e. The molecule has 5 heteroatoms. The van der Waals surface area contributed by atoms with Gasteiger partial charge in [-0.05, 0) is 24.3 Å². The molecule has 0 bridgehead atoms. The molecule has 0 spiro atoms. The number of nitrogens with two attached hydrogens (primary N) is 1. The number of aromatic nitrogens is 3. The maximum absolute atomic E-state index is 5.84. The van der Waals surface area contributed by atoms with Crippen LogP contribution < -0.4 is 10.5 Å². The molecule has 2 N–H and O–H groups in total. The molecule has 20 heavy (non-hydrogen) atoms. The first-order chi connectivity index (χ1) is 9.84. The van der Waals surface area contributed by atoms with Gasteiger partial charge in [0.2, 0.25) is 0 Å². The zero-order valence-corrected chi connectivity index (χ0v) is 10.8. The van der Waals surface area contributed by atoms with Crippen molar-refractivity contribution in [2.45, 2.75) is 6.61 Å². The van der Waals surface area contributed by atoms with Crippen molar-refractivity contribution >= 4 is 5.69 Å². The molecule has 0 amide bonds. The molecule has 5 nitrogen and oxygen atoms in total. The molecule has 0 saturated carbocycles. The molecule has 2 aromatic carbocycles. The van der Waals surface area contributed by atoms with E-state index in [4.69, 9.17) is 10.5 Å². The minimum atomic E-state index is 0.309. The van der Waals surface area contributed by atoms with E-state index in [0.29, 0.717) is 18.0 Å². The zero-order chi connectivity index (χ0) is 13.8. The number of benzene rings is 2. The van der Waals surface area contributed by atoms with Gasteiger partial charge in [-0.2, -0.15) is 0 Å². The van der Waals surface area contributed by atoms with Gasteiger partial charge in [-0.1, -0.05) is 30.3 Å². The monoisotopic (exact) mass is 266 g/mol. The Labute approximate surface area is 116 Å². The molecule has 0 aliphatic heterocycles. The van der Waals surface area contributed by atoms with Crippen LogP contribution in [0.3, 0.4) is 0 Å². The summed E-state index contributed by atoms with van der Waals surface area (Å²) in [5.41, 5.74) is 7.45. The van der Waals surface area contributed by atoms with Gasteiger partial charge < -0.3 is 10.5 Å². The molecule has 0 radical (unpaired) electrons. The van der Waals surface area contributed by atoms with Crippen molar-refractivity contribution in [3.8, 4) is 11.4 Å². The first-order valence-corrected chi connectivity index (χ1v) is 6.26. The third-order valence-electron chi connectivity index (χ3n) is 2.93. The van der Waals surface area contributed by atoms with Crippen molar-refractivity contribution in [3.63, 3.8) is 0 Å². The molecule has 0 aliphatic rings. The predicted octanol–water partition coefficient (Wildman–Crippen LogP) is 2.43. The number of rotatable bonds is 4. The fourth-order valence-electron chi connectivity index (χ4n) is 1.92. The number of ether oxygens (including phenoxy) is 1. The van der Waals surface area contributed by atoms with E-state index in [1.807, 2.05) is 53.1 Å². The Morgan fingerprint density at radius 3 is 2.55 bits per heavy atom. The third kappa shape index (κ3) is 2.47. The van der Waals surface area contributed by atoms with E-state index in [9.17, 15) is 0 Å². The zero-order valence-electron chi connectivity index (χ0n) is 10.8. The Balaban J connectivity index is 1.80. The average molecular weight is 266 g/mol. The summed E-state index contributed by atoms with van der Waals surface area (Å²) >= 11 is 0. The summed E-state index contributed by atoms with van der Waals surface area (Å²) in [6.45, 7) is 0.309. The Kier molecular flexibility index (Phi) is 3.33. The molecule has 100 valence electrons. The van der Waals surface area contributed by atoms with Crippen molar-refractivity contribution in [1.29, 1.82) is 0 Å². The van der Waals surface area contributed by atoms with Crippen molar-refractivity contribution in [2.75, 3.05) is 5.73 Å². The Bertz CT molecular complexity index is 694. The van der Waals surface area contributed by atoms with Crippen LogP contribution in [0.2, 0.25) is 0 Å². The number of hydrogen-bond acceptors (Lipinski definition) is 4. The lowest BCUT2D eigenvalue weighted by atomic mass is 10.3. The van der Waals surface area contributed by atoms with Crippen LogP contribution in [0.1, 0.15) is 5.82 Å². The Hall–Kier alpha value is -2.82. The standard InChI is InChI=1S/C15H14N4O/c16-13-8-4-5-9-14(13)20-10-15-18-17-11-19(15)12-6-2-1-3-7-12/h1-9,11H,10,16H2. The van der Waals surface area contributed by atoms with Crippen LogP contribution in [0.25, 0.3) is 5.69 Å². The summed E-state index contributed by atoms with van der Waals surface area (Å²) in [6.07, 6.45) is 1.67. The summed E-state index contributed by atoms with van der Waals surface area (Å²) in [6, 6.07) is 17.3. The molecule has 1 heterocycles. The molecule has 1 aromatic heterocycles. The highest BCUT2D eigenvalue weighted by molar-refractivity contribution is 5.51. The lowest BCUT2D eigenvalue weighted by molar-refractivity contribution is 0.295. The van der Waals surface area contributed by atoms with Crippen LogP contribution in [0.15, 0.2) is 60.9 Å². The highest BCUT2D eigenvalue weighted by Crippen LogP contribution is 2.21. The quantitative estimate of drug-likeness (QED) is 0.736. The van der Waals surface area contributed by atoms with E-state index in [1.165, 1.54) is 0 Å². The van der Waals surface area contributed by atoms with Gasteiger partial charge >= 0.3 is 0 Å².